The fraction of sp³-hybridized carbons (Fsp3) is 0.100. The van der Waals surface area contributed by atoms with Gasteiger partial charge in [-0.2, -0.15) is 0 Å². The highest BCUT2D eigenvalue weighted by molar-refractivity contribution is 9.10. The van der Waals surface area contributed by atoms with Crippen LogP contribution in [0.4, 0.5) is 9.52 Å². The van der Waals surface area contributed by atoms with Crippen LogP contribution >= 0.6 is 27.3 Å². The van der Waals surface area contributed by atoms with Gasteiger partial charge in [-0.1, -0.05) is 17.4 Å². The lowest BCUT2D eigenvalue weighted by atomic mass is 10.2. The number of nitrogens with one attached hydrogen (secondary N) is 1. The van der Waals surface area contributed by atoms with Crippen LogP contribution in [-0.4, -0.2) is 16.1 Å². The van der Waals surface area contributed by atoms with E-state index < -0.39 is 11.7 Å². The molecule has 1 amide bonds. The van der Waals surface area contributed by atoms with Gasteiger partial charge >= 0.3 is 0 Å². The zero-order valence-corrected chi connectivity index (χ0v) is 11.1. The molecule has 1 aromatic heterocycles. The molecule has 2 aromatic rings. The summed E-state index contributed by atoms with van der Waals surface area (Å²) in [6.07, 6.45) is 0. The van der Waals surface area contributed by atoms with Gasteiger partial charge in [0, 0.05) is 4.47 Å². The Balaban J connectivity index is 2.26. The Bertz CT molecular complexity index is 552. The minimum Gasteiger partial charge on any atom is -0.296 e. The van der Waals surface area contributed by atoms with E-state index in [4.69, 9.17) is 0 Å². The average Bonchev–Trinajstić information content (AvgIpc) is 2.63. The lowest BCUT2D eigenvalue weighted by Gasteiger charge is -2.04. The summed E-state index contributed by atoms with van der Waals surface area (Å²) in [6, 6.07) is 4.35. The van der Waals surface area contributed by atoms with Gasteiger partial charge < -0.3 is 0 Å². The van der Waals surface area contributed by atoms with Crippen LogP contribution < -0.4 is 5.32 Å². The van der Waals surface area contributed by atoms with E-state index in [1.165, 1.54) is 23.5 Å². The molecule has 0 saturated carbocycles. The van der Waals surface area contributed by atoms with Gasteiger partial charge in [0.15, 0.2) is 0 Å². The van der Waals surface area contributed by atoms with Crippen LogP contribution in [0.25, 0.3) is 0 Å². The zero-order valence-electron chi connectivity index (χ0n) is 8.70. The first-order valence-electron chi connectivity index (χ1n) is 4.63. The van der Waals surface area contributed by atoms with Crippen molar-refractivity contribution in [3.63, 3.8) is 0 Å². The minimum absolute atomic E-state index is 0.0413. The van der Waals surface area contributed by atoms with Crippen LogP contribution in [0.3, 0.4) is 0 Å². The summed E-state index contributed by atoms with van der Waals surface area (Å²) < 4.78 is 13.9. The number of halogens is 2. The number of carbonyl (C=O) groups excluding carboxylic acids is 1. The lowest BCUT2D eigenvalue weighted by molar-refractivity contribution is 0.102. The summed E-state index contributed by atoms with van der Waals surface area (Å²) in [5, 5.41) is 11.1. The van der Waals surface area contributed by atoms with E-state index in [-0.39, 0.29) is 5.56 Å². The summed E-state index contributed by atoms with van der Waals surface area (Å²) >= 11 is 4.36. The normalized spacial score (nSPS) is 10.3. The molecular formula is C10H7BrFN3OS. The molecule has 0 unspecified atom stereocenters. The molecule has 0 radical (unpaired) electrons. The van der Waals surface area contributed by atoms with E-state index in [1.54, 1.807) is 13.0 Å². The maximum Gasteiger partial charge on any atom is 0.261 e. The van der Waals surface area contributed by atoms with Gasteiger partial charge in [0.25, 0.3) is 5.91 Å². The van der Waals surface area contributed by atoms with Crippen molar-refractivity contribution in [1.82, 2.24) is 10.2 Å². The smallest absolute Gasteiger partial charge is 0.261 e. The first-order valence-corrected chi connectivity index (χ1v) is 6.24. The first kappa shape index (κ1) is 12.1. The standard InChI is InChI=1S/C10H7BrFN3OS/c1-5-14-15-10(17-5)13-9(16)8-6(11)3-2-4-7(8)12/h2-4H,1H3,(H,13,15,16). The third-order valence-corrected chi connectivity index (χ3v) is 3.35. The highest BCUT2D eigenvalue weighted by Gasteiger charge is 2.16. The van der Waals surface area contributed by atoms with Crippen molar-refractivity contribution in [1.29, 1.82) is 0 Å². The summed E-state index contributed by atoms with van der Waals surface area (Å²) in [7, 11) is 0. The van der Waals surface area contributed by atoms with Gasteiger partial charge in [0.05, 0.1) is 5.56 Å². The molecular weight excluding hydrogens is 309 g/mol. The number of benzene rings is 1. The van der Waals surface area contributed by atoms with Crippen molar-refractivity contribution in [2.24, 2.45) is 0 Å². The number of rotatable bonds is 2. The molecule has 88 valence electrons. The van der Waals surface area contributed by atoms with E-state index in [0.29, 0.717) is 9.60 Å². The highest BCUT2D eigenvalue weighted by Crippen LogP contribution is 2.22. The van der Waals surface area contributed by atoms with Crippen LogP contribution in [0.2, 0.25) is 0 Å². The van der Waals surface area contributed by atoms with Crippen molar-refractivity contribution in [2.75, 3.05) is 5.32 Å². The highest BCUT2D eigenvalue weighted by atomic mass is 79.9. The van der Waals surface area contributed by atoms with Gasteiger partial charge in [-0.05, 0) is 35.0 Å². The molecule has 1 heterocycles. The fourth-order valence-electron chi connectivity index (χ4n) is 1.22. The molecule has 1 aromatic carbocycles. The second-order valence-corrected chi connectivity index (χ2v) is 5.21. The molecule has 0 aliphatic rings. The molecule has 0 aliphatic heterocycles. The topological polar surface area (TPSA) is 54.9 Å². The van der Waals surface area contributed by atoms with Crippen LogP contribution in [0.1, 0.15) is 15.4 Å². The quantitative estimate of drug-likeness (QED) is 0.926. The molecule has 4 nitrogen and oxygen atoms in total. The Kier molecular flexibility index (Phi) is 3.49. The molecule has 1 N–H and O–H groups in total. The third-order valence-electron chi connectivity index (χ3n) is 1.94. The molecule has 0 fully saturated rings. The van der Waals surface area contributed by atoms with E-state index in [9.17, 15) is 9.18 Å². The van der Waals surface area contributed by atoms with Gasteiger partial charge in [-0.3, -0.25) is 10.1 Å². The van der Waals surface area contributed by atoms with E-state index >= 15 is 0 Å². The van der Waals surface area contributed by atoms with Crippen molar-refractivity contribution < 1.29 is 9.18 Å². The summed E-state index contributed by atoms with van der Waals surface area (Å²) in [5.74, 6) is -1.13. The van der Waals surface area contributed by atoms with Gasteiger partial charge in [-0.25, -0.2) is 4.39 Å². The summed E-state index contributed by atoms with van der Waals surface area (Å²) in [4.78, 5) is 11.8. The first-order chi connectivity index (χ1) is 8.08. The number of aryl methyl sites for hydroxylation is 1. The molecule has 7 heteroatoms. The summed E-state index contributed by atoms with van der Waals surface area (Å²) in [5.41, 5.74) is -0.0413. The second kappa shape index (κ2) is 4.89. The van der Waals surface area contributed by atoms with E-state index in [0.717, 1.165) is 5.01 Å². The number of hydrogen-bond acceptors (Lipinski definition) is 4. The minimum atomic E-state index is -0.585. The Morgan fingerprint density at radius 3 is 2.82 bits per heavy atom. The Morgan fingerprint density at radius 2 is 2.24 bits per heavy atom. The average molecular weight is 316 g/mol. The molecule has 0 spiro atoms. The molecule has 17 heavy (non-hydrogen) atoms. The Morgan fingerprint density at radius 1 is 1.47 bits per heavy atom. The number of anilines is 1. The van der Waals surface area contributed by atoms with Gasteiger partial charge in [0.2, 0.25) is 5.13 Å². The monoisotopic (exact) mass is 315 g/mol. The fourth-order valence-corrected chi connectivity index (χ4v) is 2.33. The Labute approximate surface area is 109 Å². The SMILES string of the molecule is Cc1nnc(NC(=O)c2c(F)cccc2Br)s1. The zero-order chi connectivity index (χ0) is 12.4. The van der Waals surface area contributed by atoms with Crippen molar-refractivity contribution in [3.8, 4) is 0 Å². The summed E-state index contributed by atoms with van der Waals surface area (Å²) in [6.45, 7) is 1.77. The van der Waals surface area contributed by atoms with E-state index in [1.807, 2.05) is 0 Å². The number of carbonyl (C=O) groups is 1. The van der Waals surface area contributed by atoms with Crippen molar-refractivity contribution in [3.05, 3.63) is 39.1 Å². The van der Waals surface area contributed by atoms with Gasteiger partial charge in [0.1, 0.15) is 10.8 Å². The maximum atomic E-state index is 13.5. The van der Waals surface area contributed by atoms with E-state index in [2.05, 4.69) is 31.4 Å². The van der Waals surface area contributed by atoms with Gasteiger partial charge in [-0.15, -0.1) is 10.2 Å². The van der Waals surface area contributed by atoms with Crippen LogP contribution in [0, 0.1) is 12.7 Å². The molecule has 0 atom stereocenters. The van der Waals surface area contributed by atoms with Crippen LogP contribution in [0.15, 0.2) is 22.7 Å². The van der Waals surface area contributed by atoms with Crippen molar-refractivity contribution >= 4 is 38.3 Å². The van der Waals surface area contributed by atoms with Crippen molar-refractivity contribution in [2.45, 2.75) is 6.92 Å². The van der Waals surface area contributed by atoms with Crippen LogP contribution in [0.5, 0.6) is 0 Å². The second-order valence-electron chi connectivity index (χ2n) is 3.18. The number of nitrogens with zero attached hydrogens (tertiary/aromatic N) is 2. The predicted octanol–water partition coefficient (Wildman–Crippen LogP) is 3.00. The lowest BCUT2D eigenvalue weighted by Crippen LogP contribution is -2.14. The molecule has 0 aliphatic carbocycles. The number of aromatic nitrogens is 2. The third kappa shape index (κ3) is 2.67. The number of hydrogen-bond donors (Lipinski definition) is 1. The molecule has 0 bridgehead atoms. The predicted molar refractivity (Wildman–Crippen MR) is 66.7 cm³/mol. The van der Waals surface area contributed by atoms with Crippen LogP contribution in [-0.2, 0) is 0 Å². The molecule has 0 saturated heterocycles. The number of amides is 1. The maximum absolute atomic E-state index is 13.5. The Hall–Kier alpha value is -1.34. The largest absolute Gasteiger partial charge is 0.296 e. The molecule has 2 rings (SSSR count).